The van der Waals surface area contributed by atoms with Crippen LogP contribution in [0.5, 0.6) is 0 Å². The summed E-state index contributed by atoms with van der Waals surface area (Å²) in [5.41, 5.74) is -1.38. The monoisotopic (exact) mass is 552 g/mol. The Morgan fingerprint density at radius 2 is 1.53 bits per heavy atom. The normalized spacial score (nSPS) is 54.1. The molecule has 0 aromatic carbocycles. The predicted molar refractivity (Wildman–Crippen MR) is 150 cm³/mol. The number of carbonyl (C=O) groups excluding carboxylic acids is 1. The summed E-state index contributed by atoms with van der Waals surface area (Å²) in [6.45, 7) is 19.3. The lowest BCUT2D eigenvalue weighted by Gasteiger charge is -2.70. The van der Waals surface area contributed by atoms with Gasteiger partial charge in [-0.1, -0.05) is 34.6 Å². The van der Waals surface area contributed by atoms with Crippen molar-refractivity contribution in [3.8, 4) is 0 Å². The second-order valence-corrected chi connectivity index (χ2v) is 16.6. The van der Waals surface area contributed by atoms with Crippen LogP contribution in [0.2, 0.25) is 0 Å². The molecular formula is C32H53ClO5. The second kappa shape index (κ2) is 8.58. The first-order valence-corrected chi connectivity index (χ1v) is 15.7. The summed E-state index contributed by atoms with van der Waals surface area (Å²) in [6, 6.07) is 0. The number of hydrogen-bond donors (Lipinski definition) is 2. The molecule has 2 N–H and O–H groups in total. The highest BCUT2D eigenvalue weighted by atomic mass is 35.5. The Labute approximate surface area is 235 Å². The third-order valence-corrected chi connectivity index (χ3v) is 14.2. The minimum atomic E-state index is -1.75. The van der Waals surface area contributed by atoms with Gasteiger partial charge < -0.3 is 19.7 Å². The van der Waals surface area contributed by atoms with Crippen molar-refractivity contribution in [2.75, 3.05) is 0 Å². The highest BCUT2D eigenvalue weighted by Gasteiger charge is 2.71. The number of rotatable bonds is 3. The molecule has 0 aromatic rings. The maximum atomic E-state index is 11.9. The first kappa shape index (κ1) is 29.1. The van der Waals surface area contributed by atoms with E-state index >= 15 is 0 Å². The van der Waals surface area contributed by atoms with Crippen molar-refractivity contribution in [1.82, 2.24) is 0 Å². The molecule has 1 aliphatic heterocycles. The van der Waals surface area contributed by atoms with Crippen LogP contribution in [-0.2, 0) is 14.3 Å². The number of halogens is 1. The number of alkyl halides is 1. The van der Waals surface area contributed by atoms with Crippen LogP contribution in [0.1, 0.15) is 120 Å². The summed E-state index contributed by atoms with van der Waals surface area (Å²) in [5, 5.41) is 21.5. The third-order valence-electron chi connectivity index (χ3n) is 13.7. The molecule has 4 saturated carbocycles. The maximum Gasteiger partial charge on any atom is 0.302 e. The van der Waals surface area contributed by atoms with Gasteiger partial charge in [0.2, 0.25) is 5.79 Å². The Bertz CT molecular complexity index is 975. The molecule has 5 nitrogen and oxygen atoms in total. The van der Waals surface area contributed by atoms with Crippen molar-refractivity contribution in [2.24, 2.45) is 45.3 Å². The highest BCUT2D eigenvalue weighted by Crippen LogP contribution is 2.76. The number of ether oxygens (including phenoxy) is 2. The molecular weight excluding hydrogens is 500 g/mol. The molecule has 0 aromatic heterocycles. The molecule has 6 heteroatoms. The number of fused-ring (bicyclic) bond motifs is 5. The van der Waals surface area contributed by atoms with Crippen molar-refractivity contribution >= 4 is 17.6 Å². The van der Waals surface area contributed by atoms with E-state index in [9.17, 15) is 15.0 Å². The Morgan fingerprint density at radius 3 is 2.11 bits per heavy atom. The Morgan fingerprint density at radius 1 is 0.895 bits per heavy atom. The zero-order chi connectivity index (χ0) is 28.3. The fourth-order valence-electron chi connectivity index (χ4n) is 11.6. The molecule has 5 aliphatic rings. The van der Waals surface area contributed by atoms with E-state index in [1.54, 1.807) is 20.8 Å². The van der Waals surface area contributed by atoms with Gasteiger partial charge in [-0.25, -0.2) is 0 Å². The molecule has 0 bridgehead atoms. The standard InChI is InChI=1S/C32H53ClO5/c1-19(34)37-25-14-15-28(6)22(26(25,2)3)13-17-30(8)23(28)11-10-20-21(12-16-29(20,30)7)31(9)18-24(33)32(36,38-31)27(4,5)35/h20-25,35-36H,10-18H2,1-9H3/t20-,21+,22+,23-,24-,25-,28+,29-,30-,31+,32+/m1/s1. The van der Waals surface area contributed by atoms with Crippen LogP contribution < -0.4 is 0 Å². The van der Waals surface area contributed by atoms with Crippen molar-refractivity contribution in [3.63, 3.8) is 0 Å². The summed E-state index contributed by atoms with van der Waals surface area (Å²) in [6.07, 6.45) is 9.64. The number of carbonyl (C=O) groups is 1. The van der Waals surface area contributed by atoms with Crippen molar-refractivity contribution in [2.45, 2.75) is 149 Å². The highest BCUT2D eigenvalue weighted by molar-refractivity contribution is 6.21. The van der Waals surface area contributed by atoms with E-state index in [2.05, 4.69) is 41.5 Å². The molecule has 38 heavy (non-hydrogen) atoms. The SMILES string of the molecule is CC(=O)O[C@@H]1CC[C@]2(C)[C@H]3CC[C@@H]4[C@@H]([C@]5(C)C[C@@H](Cl)[C@@](O)(C(C)(C)O)O5)CC[C@@]4(C)[C@]3(C)CC[C@H]2C1(C)C. The van der Waals surface area contributed by atoms with Gasteiger partial charge >= 0.3 is 5.97 Å². The van der Waals surface area contributed by atoms with Crippen LogP contribution in [0, 0.1) is 45.3 Å². The number of aliphatic hydroxyl groups is 2. The van der Waals surface area contributed by atoms with Crippen LogP contribution in [0.3, 0.4) is 0 Å². The molecule has 1 saturated heterocycles. The van der Waals surface area contributed by atoms with E-state index in [1.807, 2.05) is 0 Å². The van der Waals surface area contributed by atoms with Gasteiger partial charge in [0.05, 0.1) is 11.0 Å². The van der Waals surface area contributed by atoms with Gasteiger partial charge in [-0.15, -0.1) is 11.6 Å². The van der Waals surface area contributed by atoms with Crippen LogP contribution in [-0.4, -0.2) is 44.7 Å². The van der Waals surface area contributed by atoms with E-state index in [0.29, 0.717) is 30.1 Å². The molecule has 11 atom stereocenters. The van der Waals surface area contributed by atoms with Gasteiger partial charge in [-0.3, -0.25) is 4.79 Å². The summed E-state index contributed by atoms with van der Waals surface area (Å²) in [7, 11) is 0. The van der Waals surface area contributed by atoms with Crippen molar-refractivity contribution < 1.29 is 24.5 Å². The molecule has 4 aliphatic carbocycles. The molecule has 0 spiro atoms. The van der Waals surface area contributed by atoms with Crippen LogP contribution >= 0.6 is 11.6 Å². The Kier molecular flexibility index (Phi) is 6.58. The van der Waals surface area contributed by atoms with Crippen molar-refractivity contribution in [1.29, 1.82) is 0 Å². The summed E-state index contributed by atoms with van der Waals surface area (Å²) >= 11 is 6.71. The van der Waals surface area contributed by atoms with Crippen molar-refractivity contribution in [3.05, 3.63) is 0 Å². The van der Waals surface area contributed by atoms with E-state index < -0.39 is 22.4 Å². The predicted octanol–water partition coefficient (Wildman–Crippen LogP) is 6.85. The van der Waals surface area contributed by atoms with Gasteiger partial charge in [-0.05, 0) is 118 Å². The van der Waals surface area contributed by atoms with Gasteiger partial charge in [-0.2, -0.15) is 0 Å². The first-order chi connectivity index (χ1) is 17.3. The lowest BCUT2D eigenvalue weighted by molar-refractivity contribution is -0.305. The van der Waals surface area contributed by atoms with Gasteiger partial charge in [0.15, 0.2) is 0 Å². The third kappa shape index (κ3) is 3.69. The number of hydrogen-bond acceptors (Lipinski definition) is 5. The zero-order valence-corrected chi connectivity index (χ0v) is 26.1. The van der Waals surface area contributed by atoms with E-state index in [1.165, 1.54) is 32.1 Å². The van der Waals surface area contributed by atoms with Gasteiger partial charge in [0.1, 0.15) is 11.7 Å². The molecule has 218 valence electrons. The lowest BCUT2D eigenvalue weighted by atomic mass is 9.35. The lowest BCUT2D eigenvalue weighted by Crippen LogP contribution is -2.64. The molecule has 0 radical (unpaired) electrons. The smallest absolute Gasteiger partial charge is 0.302 e. The Hall–Kier alpha value is -0.360. The second-order valence-electron chi connectivity index (χ2n) is 16.1. The molecule has 0 amide bonds. The molecule has 5 fully saturated rings. The minimum absolute atomic E-state index is 0.00250. The number of esters is 1. The van der Waals surface area contributed by atoms with E-state index in [0.717, 1.165) is 19.3 Å². The summed E-state index contributed by atoms with van der Waals surface area (Å²) in [5.74, 6) is 0.0874. The van der Waals surface area contributed by atoms with E-state index in [4.69, 9.17) is 21.1 Å². The Balaban J connectivity index is 1.44. The summed E-state index contributed by atoms with van der Waals surface area (Å²) in [4.78, 5) is 11.9. The van der Waals surface area contributed by atoms with Gasteiger partial charge in [0, 0.05) is 12.3 Å². The molecule has 1 heterocycles. The first-order valence-electron chi connectivity index (χ1n) is 15.2. The van der Waals surface area contributed by atoms with Crippen LogP contribution in [0.25, 0.3) is 0 Å². The fourth-order valence-corrected chi connectivity index (χ4v) is 12.2. The fraction of sp³-hybridized carbons (Fsp3) is 0.969. The quantitative estimate of drug-likeness (QED) is 0.296. The zero-order valence-electron chi connectivity index (χ0n) is 25.3. The molecule has 5 rings (SSSR count). The van der Waals surface area contributed by atoms with Crippen LogP contribution in [0.15, 0.2) is 0 Å². The largest absolute Gasteiger partial charge is 0.462 e. The summed E-state index contributed by atoms with van der Waals surface area (Å²) < 4.78 is 12.3. The minimum Gasteiger partial charge on any atom is -0.462 e. The van der Waals surface area contributed by atoms with E-state index in [-0.39, 0.29) is 33.7 Å². The topological polar surface area (TPSA) is 76.0 Å². The van der Waals surface area contributed by atoms with Gasteiger partial charge in [0.25, 0.3) is 0 Å². The average Bonchev–Trinajstić information content (AvgIpc) is 3.25. The van der Waals surface area contributed by atoms with Crippen LogP contribution in [0.4, 0.5) is 0 Å². The molecule has 0 unspecified atom stereocenters. The average molecular weight is 553 g/mol. The maximum absolute atomic E-state index is 11.9.